The third-order valence-corrected chi connectivity index (χ3v) is 4.89. The lowest BCUT2D eigenvalue weighted by atomic mass is 9.74. The molecule has 2 aliphatic rings. The van der Waals surface area contributed by atoms with E-state index in [0.29, 0.717) is 17.9 Å². The molecule has 3 rings (SSSR count). The number of fused-ring (bicyclic) bond motifs is 2. The average Bonchev–Trinajstić information content (AvgIpc) is 2.53. The number of hydrogen-bond donors (Lipinski definition) is 3. The monoisotopic (exact) mass is 329 g/mol. The van der Waals surface area contributed by atoms with E-state index < -0.39 is 5.60 Å². The van der Waals surface area contributed by atoms with Crippen LogP contribution in [0.25, 0.3) is 0 Å². The number of nitriles is 1. The van der Waals surface area contributed by atoms with E-state index in [9.17, 15) is 5.26 Å². The maximum atomic E-state index is 9.27. The minimum Gasteiger partial charge on any atom is -0.400 e. The van der Waals surface area contributed by atoms with Crippen LogP contribution in [0.15, 0.2) is 30.1 Å². The molecule has 0 amide bonds. The van der Waals surface area contributed by atoms with Crippen molar-refractivity contribution in [3.63, 3.8) is 0 Å². The summed E-state index contributed by atoms with van der Waals surface area (Å²) in [6.45, 7) is 2.83. The Hall–Kier alpha value is -2.07. The second kappa shape index (κ2) is 6.44. The molecule has 3 atom stereocenters. The van der Waals surface area contributed by atoms with E-state index >= 15 is 0 Å². The normalized spacial score (nSPS) is 29.8. The lowest BCUT2D eigenvalue weighted by Gasteiger charge is -2.47. The van der Waals surface area contributed by atoms with Crippen molar-refractivity contribution in [1.29, 1.82) is 5.26 Å². The van der Waals surface area contributed by atoms with Gasteiger partial charge in [-0.25, -0.2) is 5.84 Å². The molecule has 0 saturated carbocycles. The number of hydrazine groups is 1. The third-order valence-electron chi connectivity index (χ3n) is 4.89. The smallest absolute Gasteiger partial charge is 0.0991 e. The van der Waals surface area contributed by atoms with Crippen molar-refractivity contribution in [1.82, 2.24) is 10.3 Å². The molecule has 1 fully saturated rings. The van der Waals surface area contributed by atoms with E-state index in [1.54, 1.807) is 13.2 Å². The average molecular weight is 329 g/mol. The van der Waals surface area contributed by atoms with Crippen molar-refractivity contribution in [2.24, 2.45) is 11.6 Å². The first-order chi connectivity index (χ1) is 11.4. The van der Waals surface area contributed by atoms with Gasteiger partial charge in [0.2, 0.25) is 0 Å². The first-order valence-corrected chi connectivity index (χ1v) is 8.32. The fourth-order valence-corrected chi connectivity index (χ4v) is 3.97. The summed E-state index contributed by atoms with van der Waals surface area (Å²) >= 11 is 0. The van der Waals surface area contributed by atoms with E-state index in [4.69, 9.17) is 16.3 Å². The lowest BCUT2D eigenvalue weighted by Crippen LogP contribution is -2.55. The highest BCUT2D eigenvalue weighted by Gasteiger charge is 2.45. The van der Waals surface area contributed by atoms with Crippen LogP contribution < -0.4 is 16.9 Å². The maximum absolute atomic E-state index is 9.27. The first-order valence-electron chi connectivity index (χ1n) is 8.32. The SMILES string of the molecule is C[C@H]1CC2(C[C@@H](/C(N)=C/N(C)N)N1)OCCc1ccc(C#N)cc12.[HH]. The quantitative estimate of drug-likeness (QED) is 0.559. The van der Waals surface area contributed by atoms with Gasteiger partial charge in [-0.1, -0.05) is 6.07 Å². The third kappa shape index (κ3) is 3.11. The standard InChI is InChI=1S/C18H25N5O.H2/c1-12-8-18(9-17(22-12)16(20)11-23(2)21)15-7-13(10-19)3-4-14(15)5-6-24-18;/h3-4,7,11-12,17,22H,5-6,8-9,20-21H2,1-2H3;1H/b16-11-;/t12-,17-,18?;/m0./s1. The molecule has 6 nitrogen and oxygen atoms in total. The van der Waals surface area contributed by atoms with Crippen molar-refractivity contribution in [3.05, 3.63) is 46.8 Å². The molecule has 0 radical (unpaired) electrons. The van der Waals surface area contributed by atoms with Gasteiger partial charge in [-0.2, -0.15) is 5.26 Å². The van der Waals surface area contributed by atoms with Crippen molar-refractivity contribution >= 4 is 0 Å². The van der Waals surface area contributed by atoms with Gasteiger partial charge in [0, 0.05) is 32.8 Å². The van der Waals surface area contributed by atoms with Gasteiger partial charge in [-0.3, -0.25) is 0 Å². The van der Waals surface area contributed by atoms with E-state index in [0.717, 1.165) is 24.8 Å². The lowest BCUT2D eigenvalue weighted by molar-refractivity contribution is -0.0950. The van der Waals surface area contributed by atoms with Crippen molar-refractivity contribution < 1.29 is 6.16 Å². The minimum atomic E-state index is -0.401. The van der Waals surface area contributed by atoms with Crippen LogP contribution in [-0.4, -0.2) is 30.7 Å². The summed E-state index contributed by atoms with van der Waals surface area (Å²) in [5.41, 5.74) is 9.62. The predicted octanol–water partition coefficient (Wildman–Crippen LogP) is 1.32. The van der Waals surface area contributed by atoms with E-state index in [1.807, 2.05) is 12.1 Å². The Morgan fingerprint density at radius 2 is 2.33 bits per heavy atom. The molecule has 0 aliphatic carbocycles. The summed E-state index contributed by atoms with van der Waals surface area (Å²) in [6, 6.07) is 8.40. The zero-order valence-corrected chi connectivity index (χ0v) is 14.2. The molecule has 1 saturated heterocycles. The first kappa shape index (κ1) is 16.8. The van der Waals surface area contributed by atoms with Gasteiger partial charge in [0.15, 0.2) is 0 Å². The Labute approximate surface area is 144 Å². The number of hydrogen-bond acceptors (Lipinski definition) is 6. The van der Waals surface area contributed by atoms with Crippen molar-refractivity contribution in [2.75, 3.05) is 13.7 Å². The summed E-state index contributed by atoms with van der Waals surface area (Å²) in [5.74, 6) is 5.70. The largest absolute Gasteiger partial charge is 0.400 e. The second-order valence-corrected chi connectivity index (χ2v) is 6.90. The Morgan fingerprint density at radius 3 is 3.04 bits per heavy atom. The fraction of sp³-hybridized carbons (Fsp3) is 0.500. The molecule has 0 aromatic heterocycles. The van der Waals surface area contributed by atoms with Crippen LogP contribution in [-0.2, 0) is 16.8 Å². The Balaban J connectivity index is 0.00000225. The maximum Gasteiger partial charge on any atom is 0.0991 e. The Bertz CT molecular complexity index is 699. The van der Waals surface area contributed by atoms with Crippen molar-refractivity contribution in [2.45, 2.75) is 43.9 Å². The highest BCUT2D eigenvalue weighted by Crippen LogP contribution is 2.44. The van der Waals surface area contributed by atoms with Crippen LogP contribution >= 0.6 is 0 Å². The summed E-state index contributed by atoms with van der Waals surface area (Å²) in [6.07, 6.45) is 4.21. The highest BCUT2D eigenvalue weighted by molar-refractivity contribution is 5.43. The zero-order valence-electron chi connectivity index (χ0n) is 14.2. The van der Waals surface area contributed by atoms with Gasteiger partial charge in [0.25, 0.3) is 0 Å². The van der Waals surface area contributed by atoms with E-state index in [-0.39, 0.29) is 13.5 Å². The molecule has 5 N–H and O–H groups in total. The number of nitrogens with two attached hydrogens (primary N) is 2. The highest BCUT2D eigenvalue weighted by atomic mass is 16.5. The van der Waals surface area contributed by atoms with Gasteiger partial charge in [-0.05, 0) is 43.0 Å². The summed E-state index contributed by atoms with van der Waals surface area (Å²) in [5, 5.41) is 14.3. The van der Waals surface area contributed by atoms with Crippen LogP contribution in [0, 0.1) is 11.3 Å². The fourth-order valence-electron chi connectivity index (χ4n) is 3.97. The molecular weight excluding hydrogens is 302 g/mol. The molecule has 24 heavy (non-hydrogen) atoms. The zero-order chi connectivity index (χ0) is 17.3. The van der Waals surface area contributed by atoms with Crippen LogP contribution in [0.4, 0.5) is 0 Å². The molecule has 6 heteroatoms. The minimum absolute atomic E-state index is 0. The van der Waals surface area contributed by atoms with Gasteiger partial charge in [0.1, 0.15) is 0 Å². The van der Waals surface area contributed by atoms with Gasteiger partial charge in [-0.15, -0.1) is 0 Å². The van der Waals surface area contributed by atoms with Crippen LogP contribution in [0.3, 0.4) is 0 Å². The topological polar surface area (TPSA) is 100 Å². The molecule has 1 aromatic carbocycles. The van der Waals surface area contributed by atoms with Gasteiger partial charge in [0.05, 0.1) is 29.9 Å². The molecule has 130 valence electrons. The molecule has 1 unspecified atom stereocenters. The predicted molar refractivity (Wildman–Crippen MR) is 94.4 cm³/mol. The number of benzene rings is 1. The number of nitrogens with zero attached hydrogens (tertiary/aromatic N) is 2. The number of nitrogens with one attached hydrogen (secondary N) is 1. The Morgan fingerprint density at radius 1 is 1.54 bits per heavy atom. The van der Waals surface area contributed by atoms with Gasteiger partial charge < -0.3 is 20.8 Å². The van der Waals surface area contributed by atoms with Crippen molar-refractivity contribution in [3.8, 4) is 6.07 Å². The summed E-state index contributed by atoms with van der Waals surface area (Å²) in [7, 11) is 1.75. The molecule has 0 bridgehead atoms. The number of rotatable bonds is 2. The number of ether oxygens (including phenoxy) is 1. The second-order valence-electron chi connectivity index (χ2n) is 6.90. The summed E-state index contributed by atoms with van der Waals surface area (Å²) in [4.78, 5) is 0. The van der Waals surface area contributed by atoms with Crippen LogP contribution in [0.2, 0.25) is 0 Å². The molecule has 1 spiro atoms. The molecule has 1 aromatic rings. The van der Waals surface area contributed by atoms with Crippen LogP contribution in [0.5, 0.6) is 0 Å². The van der Waals surface area contributed by atoms with Crippen LogP contribution in [0.1, 0.15) is 37.9 Å². The van der Waals surface area contributed by atoms with E-state index in [1.165, 1.54) is 10.6 Å². The van der Waals surface area contributed by atoms with Gasteiger partial charge >= 0.3 is 0 Å². The molecule has 2 aliphatic heterocycles. The molecular formula is C18H27N5O. The summed E-state index contributed by atoms with van der Waals surface area (Å²) < 4.78 is 6.31. The Kier molecular flexibility index (Phi) is 4.50. The van der Waals surface area contributed by atoms with E-state index in [2.05, 4.69) is 24.4 Å². The molecule has 2 heterocycles. The number of piperidine rings is 1.